The maximum atomic E-state index is 12.2. The Hall–Kier alpha value is -3.15. The molecule has 1 aliphatic rings. The molecule has 6 nitrogen and oxygen atoms in total. The fraction of sp³-hybridized carbons (Fsp3) is 0.286. The number of rotatable bonds is 4. The van der Waals surface area contributed by atoms with Crippen LogP contribution < -0.4 is 15.5 Å². The number of anilines is 2. The van der Waals surface area contributed by atoms with Gasteiger partial charge >= 0.3 is 11.8 Å². The lowest BCUT2D eigenvalue weighted by molar-refractivity contribution is -0.136. The molecule has 0 bridgehead atoms. The van der Waals surface area contributed by atoms with E-state index in [2.05, 4.69) is 10.6 Å². The molecule has 0 aromatic heterocycles. The minimum absolute atomic E-state index is 0.0911. The van der Waals surface area contributed by atoms with E-state index in [-0.39, 0.29) is 12.5 Å². The summed E-state index contributed by atoms with van der Waals surface area (Å²) in [4.78, 5) is 38.1. The Labute approximate surface area is 158 Å². The van der Waals surface area contributed by atoms with Gasteiger partial charge in [-0.15, -0.1) is 0 Å². The molecule has 0 spiro atoms. The van der Waals surface area contributed by atoms with Gasteiger partial charge in [-0.3, -0.25) is 14.4 Å². The number of benzene rings is 2. The van der Waals surface area contributed by atoms with Gasteiger partial charge in [0.15, 0.2) is 0 Å². The number of hydrogen-bond donors (Lipinski definition) is 2. The maximum Gasteiger partial charge on any atom is 0.313 e. The van der Waals surface area contributed by atoms with E-state index in [1.807, 2.05) is 43.3 Å². The molecule has 3 amide bonds. The molecule has 0 unspecified atom stereocenters. The quantitative estimate of drug-likeness (QED) is 0.818. The predicted octanol–water partition coefficient (Wildman–Crippen LogP) is 2.77. The first kappa shape index (κ1) is 18.6. The second-order valence-corrected chi connectivity index (χ2v) is 6.63. The number of carbonyl (C=O) groups excluding carboxylic acids is 3. The van der Waals surface area contributed by atoms with Gasteiger partial charge in [0.2, 0.25) is 5.91 Å². The first-order chi connectivity index (χ1) is 13.0. The van der Waals surface area contributed by atoms with Gasteiger partial charge in [-0.25, -0.2) is 0 Å². The fourth-order valence-electron chi connectivity index (χ4n) is 3.08. The van der Waals surface area contributed by atoms with E-state index in [9.17, 15) is 14.4 Å². The Morgan fingerprint density at radius 1 is 1.04 bits per heavy atom. The van der Waals surface area contributed by atoms with Gasteiger partial charge in [-0.1, -0.05) is 36.4 Å². The number of hydrogen-bond acceptors (Lipinski definition) is 3. The molecule has 2 aromatic carbocycles. The van der Waals surface area contributed by atoms with Gasteiger partial charge in [0, 0.05) is 30.9 Å². The third-order valence-electron chi connectivity index (χ3n) is 4.58. The molecule has 2 aromatic rings. The van der Waals surface area contributed by atoms with E-state index in [1.165, 1.54) is 0 Å². The molecule has 1 heterocycles. The Balaban J connectivity index is 1.64. The summed E-state index contributed by atoms with van der Waals surface area (Å²) in [5, 5.41) is 5.21. The average molecular weight is 365 g/mol. The van der Waals surface area contributed by atoms with E-state index in [4.69, 9.17) is 0 Å². The highest BCUT2D eigenvalue weighted by atomic mass is 16.2. The summed E-state index contributed by atoms with van der Waals surface area (Å²) in [6, 6.07) is 14.7. The smallest absolute Gasteiger partial charge is 0.313 e. The van der Waals surface area contributed by atoms with Crippen molar-refractivity contribution in [1.29, 1.82) is 0 Å². The van der Waals surface area contributed by atoms with Crippen molar-refractivity contribution >= 4 is 29.1 Å². The summed E-state index contributed by atoms with van der Waals surface area (Å²) in [6.45, 7) is 2.89. The first-order valence-electron chi connectivity index (χ1n) is 9.09. The summed E-state index contributed by atoms with van der Waals surface area (Å²) < 4.78 is 0. The molecule has 3 rings (SSSR count). The lowest BCUT2D eigenvalue weighted by Gasteiger charge is -2.28. The summed E-state index contributed by atoms with van der Waals surface area (Å²) >= 11 is 0. The zero-order valence-corrected chi connectivity index (χ0v) is 15.3. The Kier molecular flexibility index (Phi) is 5.86. The van der Waals surface area contributed by atoms with Crippen molar-refractivity contribution in [3.63, 3.8) is 0 Å². The highest BCUT2D eigenvalue weighted by Gasteiger charge is 2.22. The molecule has 6 heteroatoms. The lowest BCUT2D eigenvalue weighted by atomic mass is 10.1. The van der Waals surface area contributed by atoms with Crippen LogP contribution in [0.3, 0.4) is 0 Å². The van der Waals surface area contributed by atoms with Gasteiger partial charge in [0.05, 0.1) is 0 Å². The van der Waals surface area contributed by atoms with Crippen LogP contribution in [0.4, 0.5) is 11.4 Å². The van der Waals surface area contributed by atoms with Crippen molar-refractivity contribution in [3.8, 4) is 0 Å². The molecular weight excluding hydrogens is 342 g/mol. The summed E-state index contributed by atoms with van der Waals surface area (Å²) in [7, 11) is 0. The molecule has 0 aliphatic carbocycles. The van der Waals surface area contributed by atoms with Crippen LogP contribution in [0.15, 0.2) is 48.5 Å². The van der Waals surface area contributed by atoms with Crippen LogP contribution in [0.1, 0.15) is 30.4 Å². The molecule has 140 valence electrons. The van der Waals surface area contributed by atoms with E-state index in [0.29, 0.717) is 18.7 Å². The highest BCUT2D eigenvalue weighted by molar-refractivity contribution is 6.39. The number of piperidine rings is 1. The first-order valence-corrected chi connectivity index (χ1v) is 9.09. The number of aryl methyl sites for hydroxylation is 1. The van der Waals surface area contributed by atoms with E-state index < -0.39 is 11.8 Å². The number of nitrogens with zero attached hydrogens (tertiary/aromatic N) is 1. The molecule has 0 saturated carbocycles. The van der Waals surface area contributed by atoms with Crippen LogP contribution in [0.5, 0.6) is 0 Å². The van der Waals surface area contributed by atoms with E-state index in [0.717, 1.165) is 29.7 Å². The molecule has 1 aliphatic heterocycles. The van der Waals surface area contributed by atoms with Gasteiger partial charge < -0.3 is 15.5 Å². The number of amides is 3. The van der Waals surface area contributed by atoms with Crippen LogP contribution in [-0.2, 0) is 20.9 Å². The van der Waals surface area contributed by atoms with E-state index in [1.54, 1.807) is 17.0 Å². The standard InChI is InChI=1S/C21H23N3O3/c1-15-10-11-17(13-18(15)24-12-6-5-9-19(24)25)23-21(27)20(26)22-14-16-7-3-2-4-8-16/h2-4,7-8,10-11,13H,5-6,9,12,14H2,1H3,(H,22,26)(H,23,27). The summed E-state index contributed by atoms with van der Waals surface area (Å²) in [6.07, 6.45) is 2.41. The fourth-order valence-corrected chi connectivity index (χ4v) is 3.08. The molecule has 27 heavy (non-hydrogen) atoms. The Morgan fingerprint density at radius 3 is 2.56 bits per heavy atom. The third kappa shape index (κ3) is 4.73. The molecule has 0 atom stereocenters. The van der Waals surface area contributed by atoms with Crippen molar-refractivity contribution < 1.29 is 14.4 Å². The summed E-state index contributed by atoms with van der Waals surface area (Å²) in [5.74, 6) is -1.34. The van der Waals surface area contributed by atoms with Crippen molar-refractivity contribution in [3.05, 3.63) is 59.7 Å². The van der Waals surface area contributed by atoms with Crippen molar-refractivity contribution in [2.75, 3.05) is 16.8 Å². The van der Waals surface area contributed by atoms with Crippen LogP contribution >= 0.6 is 0 Å². The van der Waals surface area contributed by atoms with Crippen LogP contribution in [-0.4, -0.2) is 24.3 Å². The Bertz CT molecular complexity index is 849. The van der Waals surface area contributed by atoms with Crippen LogP contribution in [0.25, 0.3) is 0 Å². The van der Waals surface area contributed by atoms with Gasteiger partial charge in [-0.2, -0.15) is 0 Å². The van der Waals surface area contributed by atoms with Crippen molar-refractivity contribution in [1.82, 2.24) is 5.32 Å². The SMILES string of the molecule is Cc1ccc(NC(=O)C(=O)NCc2ccccc2)cc1N1CCCCC1=O. The number of nitrogens with one attached hydrogen (secondary N) is 2. The predicted molar refractivity (Wildman–Crippen MR) is 104 cm³/mol. The molecule has 1 saturated heterocycles. The zero-order chi connectivity index (χ0) is 19.2. The minimum Gasteiger partial charge on any atom is -0.344 e. The van der Waals surface area contributed by atoms with Crippen LogP contribution in [0, 0.1) is 6.92 Å². The van der Waals surface area contributed by atoms with Crippen molar-refractivity contribution in [2.45, 2.75) is 32.7 Å². The lowest BCUT2D eigenvalue weighted by Crippen LogP contribution is -2.36. The van der Waals surface area contributed by atoms with Gasteiger partial charge in [0.1, 0.15) is 0 Å². The van der Waals surface area contributed by atoms with E-state index >= 15 is 0 Å². The molecular formula is C21H23N3O3. The summed E-state index contributed by atoms with van der Waals surface area (Å²) in [5.41, 5.74) is 3.15. The molecule has 1 fully saturated rings. The minimum atomic E-state index is -0.731. The highest BCUT2D eigenvalue weighted by Crippen LogP contribution is 2.27. The molecule has 2 N–H and O–H groups in total. The van der Waals surface area contributed by atoms with Gasteiger partial charge in [-0.05, 0) is 43.0 Å². The molecule has 0 radical (unpaired) electrons. The van der Waals surface area contributed by atoms with Crippen LogP contribution in [0.2, 0.25) is 0 Å². The van der Waals surface area contributed by atoms with Gasteiger partial charge in [0.25, 0.3) is 0 Å². The average Bonchev–Trinajstić information content (AvgIpc) is 2.69. The Morgan fingerprint density at radius 2 is 1.81 bits per heavy atom. The second kappa shape index (κ2) is 8.49. The largest absolute Gasteiger partial charge is 0.344 e. The maximum absolute atomic E-state index is 12.2. The second-order valence-electron chi connectivity index (χ2n) is 6.63. The third-order valence-corrected chi connectivity index (χ3v) is 4.58. The topological polar surface area (TPSA) is 78.5 Å². The number of carbonyl (C=O) groups is 3. The van der Waals surface area contributed by atoms with Crippen molar-refractivity contribution in [2.24, 2.45) is 0 Å². The normalized spacial score (nSPS) is 14.0. The zero-order valence-electron chi connectivity index (χ0n) is 15.3. The monoisotopic (exact) mass is 365 g/mol.